The molecule has 0 unspecified atom stereocenters. The summed E-state index contributed by atoms with van der Waals surface area (Å²) in [6.07, 6.45) is 0.247. The van der Waals surface area contributed by atoms with E-state index in [1.807, 2.05) is 13.0 Å². The summed E-state index contributed by atoms with van der Waals surface area (Å²) in [4.78, 5) is 20.7. The standard InChI is InChI=1S/C9H8BrNO2/c1-6-4-7(2-3-8(6)10)11-9(13)5-12/h2-5H,1H3,(H,11,13). The molecular weight excluding hydrogens is 234 g/mol. The molecule has 3 nitrogen and oxygen atoms in total. The molecule has 13 heavy (non-hydrogen) atoms. The van der Waals surface area contributed by atoms with Gasteiger partial charge in [-0.2, -0.15) is 0 Å². The number of hydrogen-bond acceptors (Lipinski definition) is 2. The van der Waals surface area contributed by atoms with Crippen LogP contribution in [0.1, 0.15) is 5.56 Å². The minimum Gasteiger partial charge on any atom is -0.320 e. The zero-order valence-electron chi connectivity index (χ0n) is 7.00. The van der Waals surface area contributed by atoms with Crippen molar-refractivity contribution in [1.29, 1.82) is 0 Å². The summed E-state index contributed by atoms with van der Waals surface area (Å²) >= 11 is 3.33. The predicted octanol–water partition coefficient (Wildman–Crippen LogP) is 1.89. The highest BCUT2D eigenvalue weighted by atomic mass is 79.9. The molecule has 0 aliphatic heterocycles. The zero-order chi connectivity index (χ0) is 9.84. The Balaban J connectivity index is 2.85. The summed E-state index contributed by atoms with van der Waals surface area (Å²) in [5, 5.41) is 2.43. The van der Waals surface area contributed by atoms with Crippen molar-refractivity contribution >= 4 is 33.8 Å². The molecule has 4 heteroatoms. The highest BCUT2D eigenvalue weighted by Crippen LogP contribution is 2.19. The van der Waals surface area contributed by atoms with Crippen molar-refractivity contribution in [2.75, 3.05) is 5.32 Å². The fourth-order valence-corrected chi connectivity index (χ4v) is 1.14. The van der Waals surface area contributed by atoms with Gasteiger partial charge in [0, 0.05) is 10.2 Å². The second-order valence-corrected chi connectivity index (χ2v) is 3.43. The molecule has 1 amide bonds. The number of amides is 1. The van der Waals surface area contributed by atoms with E-state index in [1.165, 1.54) is 0 Å². The van der Waals surface area contributed by atoms with Crippen LogP contribution in [0.4, 0.5) is 5.69 Å². The molecule has 0 bridgehead atoms. The van der Waals surface area contributed by atoms with Gasteiger partial charge in [0.2, 0.25) is 6.29 Å². The Morgan fingerprint density at radius 3 is 2.77 bits per heavy atom. The van der Waals surface area contributed by atoms with Gasteiger partial charge in [-0.25, -0.2) is 0 Å². The summed E-state index contributed by atoms with van der Waals surface area (Å²) in [5.74, 6) is -0.637. The Kier molecular flexibility index (Phi) is 3.19. The largest absolute Gasteiger partial charge is 0.320 e. The van der Waals surface area contributed by atoms with Crippen molar-refractivity contribution < 1.29 is 9.59 Å². The molecule has 0 radical (unpaired) electrons. The third kappa shape index (κ3) is 2.66. The SMILES string of the molecule is Cc1cc(NC(=O)C=O)ccc1Br. The number of halogens is 1. The molecular formula is C9H8BrNO2. The first-order valence-corrected chi connectivity index (χ1v) is 4.45. The number of carbonyl (C=O) groups excluding carboxylic acids is 2. The Labute approximate surface area is 84.3 Å². The van der Waals surface area contributed by atoms with E-state index < -0.39 is 5.91 Å². The molecule has 1 N–H and O–H groups in total. The van der Waals surface area contributed by atoms with E-state index in [2.05, 4.69) is 21.2 Å². The normalized spacial score (nSPS) is 9.38. The van der Waals surface area contributed by atoms with Crippen LogP contribution in [-0.4, -0.2) is 12.2 Å². The van der Waals surface area contributed by atoms with E-state index in [9.17, 15) is 9.59 Å². The Hall–Kier alpha value is -1.16. The second kappa shape index (κ2) is 4.18. The summed E-state index contributed by atoms with van der Waals surface area (Å²) < 4.78 is 0.969. The Morgan fingerprint density at radius 1 is 1.54 bits per heavy atom. The lowest BCUT2D eigenvalue weighted by molar-refractivity contribution is -0.127. The average molecular weight is 242 g/mol. The van der Waals surface area contributed by atoms with Gasteiger partial charge in [-0.05, 0) is 30.7 Å². The van der Waals surface area contributed by atoms with Crippen LogP contribution >= 0.6 is 15.9 Å². The summed E-state index contributed by atoms with van der Waals surface area (Å²) in [6.45, 7) is 1.90. The highest BCUT2D eigenvalue weighted by molar-refractivity contribution is 9.10. The van der Waals surface area contributed by atoms with Crippen molar-refractivity contribution in [3.63, 3.8) is 0 Å². The average Bonchev–Trinajstić information content (AvgIpc) is 2.11. The maximum atomic E-state index is 10.7. The maximum Gasteiger partial charge on any atom is 0.288 e. The van der Waals surface area contributed by atoms with Gasteiger partial charge in [0.1, 0.15) is 0 Å². The molecule has 0 spiro atoms. The summed E-state index contributed by atoms with van der Waals surface area (Å²) in [7, 11) is 0. The van der Waals surface area contributed by atoms with Crippen LogP contribution in [-0.2, 0) is 9.59 Å². The van der Waals surface area contributed by atoms with Gasteiger partial charge in [-0.1, -0.05) is 15.9 Å². The first kappa shape index (κ1) is 9.92. The van der Waals surface area contributed by atoms with E-state index in [0.717, 1.165) is 10.0 Å². The van der Waals surface area contributed by atoms with Gasteiger partial charge < -0.3 is 5.32 Å². The van der Waals surface area contributed by atoms with E-state index in [-0.39, 0.29) is 6.29 Å². The third-order valence-corrected chi connectivity index (χ3v) is 2.42. The molecule has 0 saturated carbocycles. The lowest BCUT2D eigenvalue weighted by atomic mass is 10.2. The molecule has 0 fully saturated rings. The van der Waals surface area contributed by atoms with Crippen molar-refractivity contribution in [1.82, 2.24) is 0 Å². The Bertz CT molecular complexity index is 349. The number of hydrogen-bond donors (Lipinski definition) is 1. The van der Waals surface area contributed by atoms with Gasteiger partial charge in [-0.3, -0.25) is 9.59 Å². The lowest BCUT2D eigenvalue weighted by Crippen LogP contribution is -2.12. The number of aryl methyl sites for hydroxylation is 1. The van der Waals surface area contributed by atoms with Gasteiger partial charge in [0.15, 0.2) is 0 Å². The maximum absolute atomic E-state index is 10.7. The summed E-state index contributed by atoms with van der Waals surface area (Å²) in [5.41, 5.74) is 1.63. The monoisotopic (exact) mass is 241 g/mol. The van der Waals surface area contributed by atoms with Gasteiger partial charge >= 0.3 is 0 Å². The number of anilines is 1. The first-order valence-electron chi connectivity index (χ1n) is 3.66. The zero-order valence-corrected chi connectivity index (χ0v) is 8.59. The topological polar surface area (TPSA) is 46.2 Å². The van der Waals surface area contributed by atoms with E-state index in [4.69, 9.17) is 0 Å². The van der Waals surface area contributed by atoms with Crippen molar-refractivity contribution in [3.05, 3.63) is 28.2 Å². The van der Waals surface area contributed by atoms with E-state index in [1.54, 1.807) is 12.1 Å². The minimum atomic E-state index is -0.637. The van der Waals surface area contributed by atoms with Crippen LogP contribution in [0.3, 0.4) is 0 Å². The van der Waals surface area contributed by atoms with E-state index >= 15 is 0 Å². The van der Waals surface area contributed by atoms with Crippen LogP contribution in [0.15, 0.2) is 22.7 Å². The first-order chi connectivity index (χ1) is 6.13. The number of rotatable bonds is 2. The minimum absolute atomic E-state index is 0.247. The number of nitrogens with one attached hydrogen (secondary N) is 1. The quantitative estimate of drug-likeness (QED) is 0.635. The number of aldehydes is 1. The molecule has 1 rings (SSSR count). The van der Waals surface area contributed by atoms with Crippen molar-refractivity contribution in [3.8, 4) is 0 Å². The number of benzene rings is 1. The predicted molar refractivity (Wildman–Crippen MR) is 53.6 cm³/mol. The molecule has 1 aromatic carbocycles. The molecule has 0 aromatic heterocycles. The third-order valence-electron chi connectivity index (χ3n) is 1.53. The summed E-state index contributed by atoms with van der Waals surface area (Å²) in [6, 6.07) is 5.32. The van der Waals surface area contributed by atoms with Crippen LogP contribution in [0, 0.1) is 6.92 Å². The number of carbonyl (C=O) groups is 2. The second-order valence-electron chi connectivity index (χ2n) is 2.57. The van der Waals surface area contributed by atoms with Crippen LogP contribution in [0.5, 0.6) is 0 Å². The van der Waals surface area contributed by atoms with Crippen LogP contribution < -0.4 is 5.32 Å². The fraction of sp³-hybridized carbons (Fsp3) is 0.111. The van der Waals surface area contributed by atoms with Gasteiger partial charge in [0.05, 0.1) is 0 Å². The molecule has 0 heterocycles. The molecule has 0 saturated heterocycles. The van der Waals surface area contributed by atoms with E-state index in [0.29, 0.717) is 5.69 Å². The van der Waals surface area contributed by atoms with Crippen molar-refractivity contribution in [2.24, 2.45) is 0 Å². The highest BCUT2D eigenvalue weighted by Gasteiger charge is 2.00. The van der Waals surface area contributed by atoms with Crippen LogP contribution in [0.25, 0.3) is 0 Å². The molecule has 0 aliphatic carbocycles. The molecule has 68 valence electrons. The lowest BCUT2D eigenvalue weighted by Gasteiger charge is -2.03. The van der Waals surface area contributed by atoms with Gasteiger partial charge in [0.25, 0.3) is 5.91 Å². The van der Waals surface area contributed by atoms with Crippen LogP contribution in [0.2, 0.25) is 0 Å². The molecule has 0 aliphatic rings. The van der Waals surface area contributed by atoms with Gasteiger partial charge in [-0.15, -0.1) is 0 Å². The molecule has 1 aromatic rings. The Morgan fingerprint density at radius 2 is 2.23 bits per heavy atom. The molecule has 0 atom stereocenters. The smallest absolute Gasteiger partial charge is 0.288 e. The van der Waals surface area contributed by atoms with Crippen molar-refractivity contribution in [2.45, 2.75) is 6.92 Å². The fourth-order valence-electron chi connectivity index (χ4n) is 0.894.